The Kier molecular flexibility index (Phi) is 2.60. The molecule has 0 spiro atoms. The average Bonchev–Trinajstić information content (AvgIpc) is 2.20. The number of hydrogen-bond donors (Lipinski definition) is 2. The van der Waals surface area contributed by atoms with Crippen LogP contribution in [0.1, 0.15) is 21.5 Å². The van der Waals surface area contributed by atoms with E-state index in [1.165, 1.54) is 0 Å². The van der Waals surface area contributed by atoms with Crippen LogP contribution in [0.15, 0.2) is 36.4 Å². The van der Waals surface area contributed by atoms with E-state index in [4.69, 9.17) is 10.8 Å². The molecule has 1 aliphatic carbocycles. The molecular weight excluding hydrogens is 202 g/mol. The van der Waals surface area contributed by atoms with Gasteiger partial charge in [-0.25, -0.2) is 4.79 Å². The molecule has 0 aliphatic heterocycles. The highest BCUT2D eigenvalue weighted by Crippen LogP contribution is 2.22. The molecule has 3 N–H and O–H groups in total. The summed E-state index contributed by atoms with van der Waals surface area (Å²) < 4.78 is 0. The molecule has 0 fully saturated rings. The van der Waals surface area contributed by atoms with Crippen LogP contribution in [0, 0.1) is 0 Å². The largest absolute Gasteiger partial charge is 0.478 e. The second kappa shape index (κ2) is 4.06. The number of nitrogen functional groups attached to an aromatic ring is 1. The van der Waals surface area contributed by atoms with Crippen molar-refractivity contribution in [2.75, 3.05) is 5.73 Å². The molecule has 80 valence electrons. The third-order valence-electron chi connectivity index (χ3n) is 2.37. The maximum absolute atomic E-state index is 10.9. The Hall–Kier alpha value is -2.29. The highest BCUT2D eigenvalue weighted by Gasteiger charge is 2.10. The normalized spacial score (nSPS) is 13.0. The summed E-state index contributed by atoms with van der Waals surface area (Å²) >= 11 is 0. The van der Waals surface area contributed by atoms with Gasteiger partial charge in [-0.1, -0.05) is 36.5 Å². The van der Waals surface area contributed by atoms with Crippen molar-refractivity contribution in [3.63, 3.8) is 0 Å². The Balaban J connectivity index is 2.62. The van der Waals surface area contributed by atoms with Gasteiger partial charge in [-0.3, -0.25) is 0 Å². The van der Waals surface area contributed by atoms with E-state index < -0.39 is 5.97 Å². The monoisotopic (exact) mass is 213 g/mol. The van der Waals surface area contributed by atoms with Crippen molar-refractivity contribution in [1.82, 2.24) is 0 Å². The zero-order valence-electron chi connectivity index (χ0n) is 8.55. The second-order valence-corrected chi connectivity index (χ2v) is 3.48. The van der Waals surface area contributed by atoms with Crippen molar-refractivity contribution in [1.29, 1.82) is 0 Å². The summed E-state index contributed by atoms with van der Waals surface area (Å²) in [6, 6.07) is 3.27. The van der Waals surface area contributed by atoms with Gasteiger partial charge in [0.1, 0.15) is 0 Å². The lowest BCUT2D eigenvalue weighted by atomic mass is 10.00. The minimum Gasteiger partial charge on any atom is -0.478 e. The first-order chi connectivity index (χ1) is 7.68. The zero-order valence-corrected chi connectivity index (χ0v) is 8.55. The molecule has 3 heteroatoms. The molecule has 3 nitrogen and oxygen atoms in total. The molecule has 0 amide bonds. The summed E-state index contributed by atoms with van der Waals surface area (Å²) in [5.41, 5.74) is 7.88. The van der Waals surface area contributed by atoms with Crippen molar-refractivity contribution >= 4 is 23.8 Å². The molecule has 0 heterocycles. The first kappa shape index (κ1) is 10.2. The minimum absolute atomic E-state index is 0.140. The number of carboxylic acid groups (broad SMARTS) is 1. The summed E-state index contributed by atoms with van der Waals surface area (Å²) in [5.74, 6) is -1.00. The minimum atomic E-state index is -1.00. The Morgan fingerprint density at radius 1 is 1.00 bits per heavy atom. The van der Waals surface area contributed by atoms with E-state index in [1.54, 1.807) is 12.1 Å². The summed E-state index contributed by atoms with van der Waals surface area (Å²) in [6.07, 6.45) is 11.3. The van der Waals surface area contributed by atoms with Crippen LogP contribution in [0.5, 0.6) is 0 Å². The van der Waals surface area contributed by atoms with E-state index in [2.05, 4.69) is 0 Å². The van der Waals surface area contributed by atoms with E-state index in [-0.39, 0.29) is 11.3 Å². The van der Waals surface area contributed by atoms with Crippen molar-refractivity contribution in [3.8, 4) is 0 Å². The predicted octanol–water partition coefficient (Wildman–Crippen LogP) is 2.56. The summed E-state index contributed by atoms with van der Waals surface area (Å²) in [6.45, 7) is 0. The first-order valence-corrected chi connectivity index (χ1v) is 4.87. The Morgan fingerprint density at radius 2 is 1.56 bits per heavy atom. The van der Waals surface area contributed by atoms with Crippen LogP contribution in [0.4, 0.5) is 5.69 Å². The zero-order chi connectivity index (χ0) is 11.5. The number of aromatic carboxylic acids is 1. The van der Waals surface area contributed by atoms with Gasteiger partial charge in [0.2, 0.25) is 0 Å². The highest BCUT2D eigenvalue weighted by molar-refractivity contribution is 5.95. The SMILES string of the molecule is Nc1cc2c(cc1C(=O)O)C=CC=CC=C2. The highest BCUT2D eigenvalue weighted by atomic mass is 16.4. The molecule has 2 rings (SSSR count). The Labute approximate surface area is 93.2 Å². The summed E-state index contributed by atoms with van der Waals surface area (Å²) in [7, 11) is 0. The molecule has 0 radical (unpaired) electrons. The fraction of sp³-hybridized carbons (Fsp3) is 0. The number of rotatable bonds is 1. The number of carboxylic acids is 1. The van der Waals surface area contributed by atoms with Crippen molar-refractivity contribution in [2.24, 2.45) is 0 Å². The maximum Gasteiger partial charge on any atom is 0.337 e. The number of fused-ring (bicyclic) bond motifs is 1. The number of carbonyl (C=O) groups is 1. The van der Waals surface area contributed by atoms with Crippen LogP contribution in [0.3, 0.4) is 0 Å². The molecule has 1 aliphatic rings. The predicted molar refractivity (Wildman–Crippen MR) is 65.0 cm³/mol. The standard InChI is InChI=1S/C13H11NO2/c14-12-8-10-6-4-2-1-3-5-9(10)7-11(12)13(15)16/h1-8H,14H2,(H,15,16). The van der Waals surface area contributed by atoms with Crippen LogP contribution in [0.25, 0.3) is 12.2 Å². The van der Waals surface area contributed by atoms with Crippen molar-refractivity contribution in [2.45, 2.75) is 0 Å². The Bertz CT molecular complexity index is 525. The second-order valence-electron chi connectivity index (χ2n) is 3.48. The van der Waals surface area contributed by atoms with Gasteiger partial charge in [-0.2, -0.15) is 0 Å². The van der Waals surface area contributed by atoms with Crippen LogP contribution >= 0.6 is 0 Å². The molecular formula is C13H11NO2. The number of anilines is 1. The van der Waals surface area contributed by atoms with Crippen molar-refractivity contribution in [3.05, 3.63) is 53.1 Å². The lowest BCUT2D eigenvalue weighted by molar-refractivity contribution is 0.0698. The third-order valence-corrected chi connectivity index (χ3v) is 2.37. The Morgan fingerprint density at radius 3 is 2.12 bits per heavy atom. The fourth-order valence-electron chi connectivity index (χ4n) is 1.57. The third kappa shape index (κ3) is 1.88. The molecule has 0 saturated carbocycles. The van der Waals surface area contributed by atoms with Gasteiger partial charge < -0.3 is 10.8 Å². The molecule has 0 bridgehead atoms. The topological polar surface area (TPSA) is 63.3 Å². The van der Waals surface area contributed by atoms with Crippen LogP contribution < -0.4 is 5.73 Å². The average molecular weight is 213 g/mol. The molecule has 1 aromatic carbocycles. The van der Waals surface area contributed by atoms with Gasteiger partial charge in [0.05, 0.1) is 5.56 Å². The number of nitrogens with two attached hydrogens (primary N) is 1. The number of allylic oxidation sites excluding steroid dienone is 4. The van der Waals surface area contributed by atoms with E-state index in [0.717, 1.165) is 11.1 Å². The number of hydrogen-bond acceptors (Lipinski definition) is 2. The van der Waals surface area contributed by atoms with Gasteiger partial charge in [0, 0.05) is 5.69 Å². The lowest BCUT2D eigenvalue weighted by Crippen LogP contribution is -2.03. The van der Waals surface area contributed by atoms with Gasteiger partial charge in [0.25, 0.3) is 0 Å². The molecule has 1 aromatic rings. The van der Waals surface area contributed by atoms with Gasteiger partial charge >= 0.3 is 5.97 Å². The quantitative estimate of drug-likeness (QED) is 0.704. The maximum atomic E-state index is 10.9. The summed E-state index contributed by atoms with van der Waals surface area (Å²) in [4.78, 5) is 10.9. The molecule has 0 aromatic heterocycles. The summed E-state index contributed by atoms with van der Waals surface area (Å²) in [5, 5.41) is 8.96. The van der Waals surface area contributed by atoms with Crippen molar-refractivity contribution < 1.29 is 9.90 Å². The van der Waals surface area contributed by atoms with E-state index in [0.29, 0.717) is 0 Å². The van der Waals surface area contributed by atoms with Gasteiger partial charge in [0.15, 0.2) is 0 Å². The lowest BCUT2D eigenvalue weighted by Gasteiger charge is -2.07. The van der Waals surface area contributed by atoms with Crippen LogP contribution in [-0.2, 0) is 0 Å². The van der Waals surface area contributed by atoms with Crippen LogP contribution in [0.2, 0.25) is 0 Å². The van der Waals surface area contributed by atoms with E-state index in [1.807, 2.05) is 36.5 Å². The van der Waals surface area contributed by atoms with Gasteiger partial charge in [-0.15, -0.1) is 0 Å². The smallest absolute Gasteiger partial charge is 0.337 e. The van der Waals surface area contributed by atoms with E-state index >= 15 is 0 Å². The molecule has 0 saturated heterocycles. The molecule has 16 heavy (non-hydrogen) atoms. The number of benzene rings is 1. The van der Waals surface area contributed by atoms with Crippen LogP contribution in [-0.4, -0.2) is 11.1 Å². The molecule has 0 unspecified atom stereocenters. The van der Waals surface area contributed by atoms with Gasteiger partial charge in [-0.05, 0) is 23.3 Å². The van der Waals surface area contributed by atoms with E-state index in [9.17, 15) is 4.79 Å². The molecule has 0 atom stereocenters. The first-order valence-electron chi connectivity index (χ1n) is 4.87. The fourth-order valence-corrected chi connectivity index (χ4v) is 1.57.